The Hall–Kier alpha value is -1.11. The minimum Gasteiger partial charge on any atom is -0.379 e. The third kappa shape index (κ3) is 5.30. The molecule has 1 unspecified atom stereocenters. The highest BCUT2D eigenvalue weighted by Gasteiger charge is 2.24. The Labute approximate surface area is 132 Å². The average Bonchev–Trinajstić information content (AvgIpc) is 3.17. The summed E-state index contributed by atoms with van der Waals surface area (Å²) in [5, 5.41) is 7.16. The van der Waals surface area contributed by atoms with Gasteiger partial charge in [-0.25, -0.2) is 0 Å². The van der Waals surface area contributed by atoms with Crippen LogP contribution >= 0.6 is 12.4 Å². The smallest absolute Gasteiger partial charge is 0.244 e. The summed E-state index contributed by atoms with van der Waals surface area (Å²) >= 11 is 0. The van der Waals surface area contributed by atoms with E-state index in [-0.39, 0.29) is 24.4 Å². The fourth-order valence-electron chi connectivity index (χ4n) is 2.09. The van der Waals surface area contributed by atoms with E-state index in [1.807, 2.05) is 20.3 Å². The molecule has 0 radical (unpaired) electrons. The number of rotatable bonds is 8. The van der Waals surface area contributed by atoms with Gasteiger partial charge in [0.25, 0.3) is 0 Å². The van der Waals surface area contributed by atoms with Crippen molar-refractivity contribution in [1.82, 2.24) is 20.0 Å². The number of ether oxygens (including phenoxy) is 1. The lowest BCUT2D eigenvalue weighted by molar-refractivity contribution is -0.132. The van der Waals surface area contributed by atoms with Crippen LogP contribution in [-0.2, 0) is 16.6 Å². The first-order valence-electron chi connectivity index (χ1n) is 7.10. The zero-order valence-electron chi connectivity index (χ0n) is 12.9. The maximum absolute atomic E-state index is 12.4. The van der Waals surface area contributed by atoms with E-state index >= 15 is 0 Å². The van der Waals surface area contributed by atoms with Crippen molar-refractivity contribution < 1.29 is 9.53 Å². The highest BCUT2D eigenvalue weighted by atomic mass is 35.5. The molecule has 1 heterocycles. The molecule has 1 aromatic rings. The largest absolute Gasteiger partial charge is 0.379 e. The van der Waals surface area contributed by atoms with Crippen molar-refractivity contribution in [3.63, 3.8) is 0 Å². The van der Waals surface area contributed by atoms with Crippen LogP contribution in [0.5, 0.6) is 0 Å². The number of carbonyl (C=O) groups is 1. The molecular weight excluding hydrogens is 292 g/mol. The molecule has 1 N–H and O–H groups in total. The van der Waals surface area contributed by atoms with Crippen molar-refractivity contribution in [3.05, 3.63) is 18.0 Å². The van der Waals surface area contributed by atoms with E-state index in [9.17, 15) is 4.79 Å². The summed E-state index contributed by atoms with van der Waals surface area (Å²) in [4.78, 5) is 14.1. The number of aromatic nitrogens is 2. The summed E-state index contributed by atoms with van der Waals surface area (Å²) in [5.41, 5.74) is 0.880. The first-order chi connectivity index (χ1) is 9.61. The molecule has 0 bridgehead atoms. The molecule has 0 aromatic carbocycles. The summed E-state index contributed by atoms with van der Waals surface area (Å²) < 4.78 is 7.27. The van der Waals surface area contributed by atoms with Gasteiger partial charge in [-0.15, -0.1) is 12.4 Å². The Bertz CT molecular complexity index is 448. The Morgan fingerprint density at radius 2 is 2.33 bits per heavy atom. The number of likely N-dealkylation sites (N-methyl/N-ethyl adjacent to an activating group) is 2. The molecule has 1 aliphatic carbocycles. The molecule has 1 atom stereocenters. The van der Waals surface area contributed by atoms with Crippen molar-refractivity contribution in [3.8, 4) is 0 Å². The first-order valence-corrected chi connectivity index (χ1v) is 7.10. The number of nitrogens with one attached hydrogen (secondary N) is 1. The van der Waals surface area contributed by atoms with E-state index < -0.39 is 0 Å². The zero-order chi connectivity index (χ0) is 14.5. The molecule has 1 aliphatic rings. The molecule has 6 nitrogen and oxygen atoms in total. The maximum atomic E-state index is 12.4. The van der Waals surface area contributed by atoms with E-state index in [2.05, 4.69) is 10.4 Å². The van der Waals surface area contributed by atoms with Gasteiger partial charge >= 0.3 is 0 Å². The fraction of sp³-hybridized carbons (Fsp3) is 0.714. The minimum atomic E-state index is -0.350. The van der Waals surface area contributed by atoms with Gasteiger partial charge in [0.2, 0.25) is 5.91 Å². The maximum Gasteiger partial charge on any atom is 0.244 e. The standard InChI is InChI=1S/C14H24N4O2.ClH/c1-15-13(12-8-16-18(3)9-12)14(19)17(2)6-7-20-10-11-4-5-11;/h8-9,11,13,15H,4-7,10H2,1-3H3;1H. The van der Waals surface area contributed by atoms with Gasteiger partial charge < -0.3 is 15.0 Å². The number of hydrogen-bond acceptors (Lipinski definition) is 4. The number of hydrogen-bond donors (Lipinski definition) is 1. The molecule has 0 saturated heterocycles. The van der Waals surface area contributed by atoms with E-state index in [4.69, 9.17) is 4.74 Å². The lowest BCUT2D eigenvalue weighted by Crippen LogP contribution is -2.39. The highest BCUT2D eigenvalue weighted by Crippen LogP contribution is 2.28. The Kier molecular flexibility index (Phi) is 7.14. The Balaban J connectivity index is 0.00000220. The van der Waals surface area contributed by atoms with Gasteiger partial charge in [0, 0.05) is 39.0 Å². The zero-order valence-corrected chi connectivity index (χ0v) is 13.7. The van der Waals surface area contributed by atoms with E-state index in [1.165, 1.54) is 12.8 Å². The van der Waals surface area contributed by atoms with Crippen molar-refractivity contribution >= 4 is 18.3 Å². The van der Waals surface area contributed by atoms with E-state index in [0.29, 0.717) is 13.2 Å². The molecule has 1 amide bonds. The van der Waals surface area contributed by atoms with Gasteiger partial charge in [0.05, 0.1) is 12.8 Å². The van der Waals surface area contributed by atoms with Crippen LogP contribution in [0.3, 0.4) is 0 Å². The number of carbonyl (C=O) groups excluding carboxylic acids is 1. The van der Waals surface area contributed by atoms with Crippen LogP contribution in [0.4, 0.5) is 0 Å². The van der Waals surface area contributed by atoms with Gasteiger partial charge in [-0.3, -0.25) is 9.48 Å². The molecule has 0 spiro atoms. The lowest BCUT2D eigenvalue weighted by Gasteiger charge is -2.22. The van der Waals surface area contributed by atoms with Gasteiger partial charge in [-0.2, -0.15) is 5.10 Å². The molecule has 1 fully saturated rings. The molecule has 120 valence electrons. The number of aryl methyl sites for hydroxylation is 1. The lowest BCUT2D eigenvalue weighted by atomic mass is 10.1. The van der Waals surface area contributed by atoms with Gasteiger partial charge in [0.15, 0.2) is 0 Å². The van der Waals surface area contributed by atoms with E-state index in [0.717, 1.165) is 18.1 Å². The predicted molar refractivity (Wildman–Crippen MR) is 83.4 cm³/mol. The number of nitrogens with zero attached hydrogens (tertiary/aromatic N) is 3. The van der Waals surface area contributed by atoms with Crippen molar-refractivity contribution in [2.45, 2.75) is 18.9 Å². The second kappa shape index (κ2) is 8.36. The third-order valence-corrected chi connectivity index (χ3v) is 3.59. The van der Waals surface area contributed by atoms with Crippen LogP contribution in [0, 0.1) is 5.92 Å². The topological polar surface area (TPSA) is 59.4 Å². The van der Waals surface area contributed by atoms with Crippen LogP contribution in [0.1, 0.15) is 24.4 Å². The third-order valence-electron chi connectivity index (χ3n) is 3.59. The van der Waals surface area contributed by atoms with Crippen LogP contribution < -0.4 is 5.32 Å². The van der Waals surface area contributed by atoms with E-state index in [1.54, 1.807) is 22.8 Å². The Morgan fingerprint density at radius 3 is 2.86 bits per heavy atom. The summed E-state index contributed by atoms with van der Waals surface area (Å²) in [6, 6.07) is -0.350. The van der Waals surface area contributed by atoms with Gasteiger partial charge in [0.1, 0.15) is 6.04 Å². The van der Waals surface area contributed by atoms with Crippen LogP contribution in [0.25, 0.3) is 0 Å². The molecule has 21 heavy (non-hydrogen) atoms. The summed E-state index contributed by atoms with van der Waals surface area (Å²) in [6.07, 6.45) is 6.15. The summed E-state index contributed by atoms with van der Waals surface area (Å²) in [5.74, 6) is 0.798. The molecule has 7 heteroatoms. The van der Waals surface area contributed by atoms with Crippen LogP contribution in [0.2, 0.25) is 0 Å². The fourth-order valence-corrected chi connectivity index (χ4v) is 2.09. The second-order valence-electron chi connectivity index (χ2n) is 5.45. The quantitative estimate of drug-likeness (QED) is 0.727. The van der Waals surface area contributed by atoms with Crippen molar-refractivity contribution in [1.29, 1.82) is 0 Å². The minimum absolute atomic E-state index is 0. The summed E-state index contributed by atoms with van der Waals surface area (Å²) in [6.45, 7) is 2.05. The predicted octanol–water partition coefficient (Wildman–Crippen LogP) is 0.987. The molecular formula is C14H25ClN4O2. The molecule has 1 saturated carbocycles. The molecule has 0 aliphatic heterocycles. The molecule has 2 rings (SSSR count). The second-order valence-corrected chi connectivity index (χ2v) is 5.45. The average molecular weight is 317 g/mol. The van der Waals surface area contributed by atoms with Crippen molar-refractivity contribution in [2.75, 3.05) is 33.9 Å². The number of halogens is 1. The van der Waals surface area contributed by atoms with Crippen LogP contribution in [-0.4, -0.2) is 54.4 Å². The summed E-state index contributed by atoms with van der Waals surface area (Å²) in [7, 11) is 5.44. The number of amides is 1. The SMILES string of the molecule is CNC(C(=O)N(C)CCOCC1CC1)c1cnn(C)c1.Cl. The monoisotopic (exact) mass is 316 g/mol. The van der Waals surface area contributed by atoms with Gasteiger partial charge in [-0.05, 0) is 25.8 Å². The first kappa shape index (κ1) is 17.9. The molecule has 1 aromatic heterocycles. The van der Waals surface area contributed by atoms with Gasteiger partial charge in [-0.1, -0.05) is 0 Å². The normalized spacial score (nSPS) is 15.4. The van der Waals surface area contributed by atoms with Crippen LogP contribution in [0.15, 0.2) is 12.4 Å². The Morgan fingerprint density at radius 1 is 1.62 bits per heavy atom. The van der Waals surface area contributed by atoms with Crippen molar-refractivity contribution in [2.24, 2.45) is 13.0 Å². The highest BCUT2D eigenvalue weighted by molar-refractivity contribution is 5.85.